The Morgan fingerprint density at radius 2 is 2.14 bits per heavy atom. The SMILES string of the molecule is CC[C@H](C)C(=O)N1CSC[C@@H]1C(=O)Nc1ccc(C#N)cc1. The summed E-state index contributed by atoms with van der Waals surface area (Å²) >= 11 is 1.59. The van der Waals surface area contributed by atoms with Crippen LogP contribution < -0.4 is 5.32 Å². The fourth-order valence-electron chi connectivity index (χ4n) is 2.19. The van der Waals surface area contributed by atoms with Gasteiger partial charge in [0.25, 0.3) is 0 Å². The van der Waals surface area contributed by atoms with Gasteiger partial charge in [-0.1, -0.05) is 13.8 Å². The van der Waals surface area contributed by atoms with Crippen molar-refractivity contribution in [2.24, 2.45) is 5.92 Å². The minimum atomic E-state index is -0.429. The van der Waals surface area contributed by atoms with Crippen molar-refractivity contribution in [1.29, 1.82) is 5.26 Å². The Labute approximate surface area is 134 Å². The number of thioether (sulfide) groups is 1. The maximum Gasteiger partial charge on any atom is 0.248 e. The lowest BCUT2D eigenvalue weighted by Gasteiger charge is -2.25. The van der Waals surface area contributed by atoms with Crippen LogP contribution in [0.5, 0.6) is 0 Å². The average molecular weight is 317 g/mol. The minimum Gasteiger partial charge on any atom is -0.324 e. The number of nitrogens with one attached hydrogen (secondary N) is 1. The molecule has 0 bridgehead atoms. The largest absolute Gasteiger partial charge is 0.324 e. The third-order valence-electron chi connectivity index (χ3n) is 3.78. The van der Waals surface area contributed by atoms with E-state index in [1.54, 1.807) is 40.9 Å². The van der Waals surface area contributed by atoms with Crippen molar-refractivity contribution in [2.75, 3.05) is 16.9 Å². The molecule has 2 amide bonds. The summed E-state index contributed by atoms with van der Waals surface area (Å²) in [4.78, 5) is 26.4. The van der Waals surface area contributed by atoms with E-state index in [0.29, 0.717) is 22.9 Å². The first kappa shape index (κ1) is 16.4. The molecule has 1 aliphatic rings. The average Bonchev–Trinajstić information content (AvgIpc) is 3.03. The molecular formula is C16H19N3O2S. The number of benzene rings is 1. The van der Waals surface area contributed by atoms with Gasteiger partial charge in [-0.05, 0) is 30.7 Å². The van der Waals surface area contributed by atoms with Gasteiger partial charge in [0.05, 0.1) is 17.5 Å². The predicted molar refractivity (Wildman–Crippen MR) is 87.2 cm³/mol. The topological polar surface area (TPSA) is 73.2 Å². The molecule has 1 aromatic carbocycles. The number of anilines is 1. The summed E-state index contributed by atoms with van der Waals surface area (Å²) < 4.78 is 0. The lowest BCUT2D eigenvalue weighted by molar-refractivity contribution is -0.139. The van der Waals surface area contributed by atoms with Crippen LogP contribution in [0.25, 0.3) is 0 Å². The van der Waals surface area contributed by atoms with E-state index in [-0.39, 0.29) is 17.7 Å². The number of carbonyl (C=O) groups excluding carboxylic acids is 2. The molecule has 0 saturated carbocycles. The van der Waals surface area contributed by atoms with E-state index < -0.39 is 6.04 Å². The molecule has 2 atom stereocenters. The molecule has 1 aromatic rings. The number of amides is 2. The van der Waals surface area contributed by atoms with E-state index in [2.05, 4.69) is 5.32 Å². The monoisotopic (exact) mass is 317 g/mol. The molecule has 0 spiro atoms. The van der Waals surface area contributed by atoms with Crippen LogP contribution in [-0.4, -0.2) is 34.4 Å². The van der Waals surface area contributed by atoms with Crippen LogP contribution in [0.15, 0.2) is 24.3 Å². The zero-order valence-electron chi connectivity index (χ0n) is 12.7. The molecule has 0 radical (unpaired) electrons. The van der Waals surface area contributed by atoms with E-state index in [0.717, 1.165) is 6.42 Å². The third kappa shape index (κ3) is 3.60. The van der Waals surface area contributed by atoms with E-state index >= 15 is 0 Å². The Kier molecular flexibility index (Phi) is 5.45. The van der Waals surface area contributed by atoms with Gasteiger partial charge in [-0.25, -0.2) is 0 Å². The lowest BCUT2D eigenvalue weighted by atomic mass is 10.1. The highest BCUT2D eigenvalue weighted by molar-refractivity contribution is 7.99. The summed E-state index contributed by atoms with van der Waals surface area (Å²) in [7, 11) is 0. The van der Waals surface area contributed by atoms with Crippen molar-refractivity contribution in [3.05, 3.63) is 29.8 Å². The molecule has 0 unspecified atom stereocenters. The van der Waals surface area contributed by atoms with Gasteiger partial charge in [0.15, 0.2) is 0 Å². The van der Waals surface area contributed by atoms with Gasteiger partial charge in [-0.3, -0.25) is 9.59 Å². The van der Waals surface area contributed by atoms with Crippen molar-refractivity contribution in [3.63, 3.8) is 0 Å². The molecular weight excluding hydrogens is 298 g/mol. The van der Waals surface area contributed by atoms with Gasteiger partial charge >= 0.3 is 0 Å². The molecule has 6 heteroatoms. The van der Waals surface area contributed by atoms with Crippen LogP contribution in [0.1, 0.15) is 25.8 Å². The lowest BCUT2D eigenvalue weighted by Crippen LogP contribution is -2.46. The molecule has 0 aromatic heterocycles. The second kappa shape index (κ2) is 7.32. The van der Waals surface area contributed by atoms with Crippen LogP contribution in [0, 0.1) is 17.2 Å². The normalized spacial score (nSPS) is 18.6. The van der Waals surface area contributed by atoms with Gasteiger partial charge in [-0.15, -0.1) is 11.8 Å². The van der Waals surface area contributed by atoms with Crippen LogP contribution in [0.2, 0.25) is 0 Å². The van der Waals surface area contributed by atoms with Crippen molar-refractivity contribution in [2.45, 2.75) is 26.3 Å². The van der Waals surface area contributed by atoms with E-state index in [1.807, 2.05) is 19.9 Å². The summed E-state index contributed by atoms with van der Waals surface area (Å²) in [5.74, 6) is 0.974. The fourth-order valence-corrected chi connectivity index (χ4v) is 3.35. The first-order valence-electron chi connectivity index (χ1n) is 7.26. The quantitative estimate of drug-likeness (QED) is 0.925. The second-order valence-electron chi connectivity index (χ2n) is 5.31. The number of rotatable bonds is 4. The Morgan fingerprint density at radius 1 is 1.45 bits per heavy atom. The third-order valence-corrected chi connectivity index (χ3v) is 4.80. The number of nitriles is 1. The predicted octanol–water partition coefficient (Wildman–Crippen LogP) is 2.44. The van der Waals surface area contributed by atoms with Gasteiger partial charge in [0, 0.05) is 17.4 Å². The zero-order chi connectivity index (χ0) is 16.1. The molecule has 1 N–H and O–H groups in total. The first-order valence-corrected chi connectivity index (χ1v) is 8.41. The summed E-state index contributed by atoms with van der Waals surface area (Å²) in [5.41, 5.74) is 1.18. The van der Waals surface area contributed by atoms with Crippen molar-refractivity contribution in [3.8, 4) is 6.07 Å². The smallest absolute Gasteiger partial charge is 0.248 e. The molecule has 1 heterocycles. The highest BCUT2D eigenvalue weighted by Gasteiger charge is 2.35. The number of carbonyl (C=O) groups is 2. The minimum absolute atomic E-state index is 0.0347. The van der Waals surface area contributed by atoms with Gasteiger partial charge in [0.1, 0.15) is 6.04 Å². The second-order valence-corrected chi connectivity index (χ2v) is 6.31. The number of hydrogen-bond donors (Lipinski definition) is 1. The Bertz CT molecular complexity index is 594. The van der Waals surface area contributed by atoms with Crippen molar-refractivity contribution < 1.29 is 9.59 Å². The standard InChI is InChI=1S/C16H19N3O2S/c1-3-11(2)16(21)19-10-22-9-14(19)15(20)18-13-6-4-12(8-17)5-7-13/h4-7,11,14H,3,9-10H2,1-2H3,(H,18,20)/t11-,14+/m0/s1. The van der Waals surface area contributed by atoms with Crippen LogP contribution in [0.3, 0.4) is 0 Å². The molecule has 116 valence electrons. The zero-order valence-corrected chi connectivity index (χ0v) is 13.5. The Morgan fingerprint density at radius 3 is 2.73 bits per heavy atom. The van der Waals surface area contributed by atoms with E-state index in [1.165, 1.54) is 0 Å². The molecule has 22 heavy (non-hydrogen) atoms. The molecule has 1 fully saturated rings. The van der Waals surface area contributed by atoms with Gasteiger partial charge in [0.2, 0.25) is 11.8 Å². The Hall–Kier alpha value is -2.00. The molecule has 2 rings (SSSR count). The first-order chi connectivity index (χ1) is 10.6. The van der Waals surface area contributed by atoms with E-state index in [4.69, 9.17) is 5.26 Å². The number of hydrogen-bond acceptors (Lipinski definition) is 4. The highest BCUT2D eigenvalue weighted by Crippen LogP contribution is 2.25. The van der Waals surface area contributed by atoms with E-state index in [9.17, 15) is 9.59 Å². The maximum absolute atomic E-state index is 12.4. The van der Waals surface area contributed by atoms with Gasteiger partial charge < -0.3 is 10.2 Å². The van der Waals surface area contributed by atoms with Crippen molar-refractivity contribution in [1.82, 2.24) is 4.90 Å². The summed E-state index contributed by atoms with van der Waals surface area (Å²) in [6, 6.07) is 8.30. The van der Waals surface area contributed by atoms with Gasteiger partial charge in [-0.2, -0.15) is 5.26 Å². The van der Waals surface area contributed by atoms with Crippen LogP contribution in [-0.2, 0) is 9.59 Å². The van der Waals surface area contributed by atoms with Crippen LogP contribution >= 0.6 is 11.8 Å². The van der Waals surface area contributed by atoms with Crippen molar-refractivity contribution >= 4 is 29.3 Å². The molecule has 1 aliphatic heterocycles. The number of nitrogens with zero attached hydrogens (tertiary/aromatic N) is 2. The maximum atomic E-state index is 12.4. The molecule has 0 aliphatic carbocycles. The summed E-state index contributed by atoms with van der Waals surface area (Å²) in [6.45, 7) is 3.86. The Balaban J connectivity index is 2.04. The van der Waals surface area contributed by atoms with Crippen LogP contribution in [0.4, 0.5) is 5.69 Å². The molecule has 1 saturated heterocycles. The summed E-state index contributed by atoms with van der Waals surface area (Å²) in [5, 5.41) is 11.6. The summed E-state index contributed by atoms with van der Waals surface area (Å²) in [6.07, 6.45) is 0.768. The molecule has 5 nitrogen and oxygen atoms in total. The fraction of sp³-hybridized carbons (Fsp3) is 0.438. The highest BCUT2D eigenvalue weighted by atomic mass is 32.2.